The molecule has 2 rings (SSSR count). The van der Waals surface area contributed by atoms with Crippen LogP contribution in [0.2, 0.25) is 0 Å². The van der Waals surface area contributed by atoms with Crippen LogP contribution in [0.5, 0.6) is 0 Å². The Morgan fingerprint density at radius 2 is 2.08 bits per heavy atom. The summed E-state index contributed by atoms with van der Waals surface area (Å²) in [4.78, 5) is 0. The zero-order chi connectivity index (χ0) is 9.10. The van der Waals surface area contributed by atoms with Gasteiger partial charge in [-0.15, -0.1) is 23.5 Å². The van der Waals surface area contributed by atoms with E-state index in [0.29, 0.717) is 9.83 Å². The first-order valence-electron chi connectivity index (χ1n) is 4.42. The van der Waals surface area contributed by atoms with Gasteiger partial charge in [0.1, 0.15) is 0 Å². The van der Waals surface area contributed by atoms with Crippen molar-refractivity contribution in [2.75, 3.05) is 12.3 Å². The summed E-state index contributed by atoms with van der Waals surface area (Å²) in [6.45, 7) is 0.790. The minimum atomic E-state index is 0.602. The molecule has 1 aromatic carbocycles. The third-order valence-electron chi connectivity index (χ3n) is 2.11. The predicted molar refractivity (Wildman–Crippen MR) is 62.1 cm³/mol. The molecule has 0 radical (unpaired) electrons. The van der Waals surface area contributed by atoms with Gasteiger partial charge in [-0.05, 0) is 5.56 Å². The van der Waals surface area contributed by atoms with Gasteiger partial charge in [-0.3, -0.25) is 0 Å². The SMILES string of the molecule is NCC1SCC(c2ccccc2)S1. The molecule has 0 spiro atoms. The lowest BCUT2D eigenvalue weighted by Gasteiger charge is -2.08. The molecule has 2 N–H and O–H groups in total. The Bertz CT molecular complexity index is 263. The van der Waals surface area contributed by atoms with E-state index in [4.69, 9.17) is 5.73 Å². The molecule has 1 nitrogen and oxygen atoms in total. The first-order valence-corrected chi connectivity index (χ1v) is 6.41. The van der Waals surface area contributed by atoms with Crippen molar-refractivity contribution >= 4 is 23.5 Å². The van der Waals surface area contributed by atoms with Gasteiger partial charge in [-0.25, -0.2) is 0 Å². The predicted octanol–water partition coefficient (Wildman–Crippen LogP) is 2.49. The molecule has 1 fully saturated rings. The van der Waals surface area contributed by atoms with Gasteiger partial charge in [0.05, 0.1) is 4.58 Å². The molecule has 70 valence electrons. The second kappa shape index (κ2) is 4.40. The zero-order valence-corrected chi connectivity index (χ0v) is 8.98. The first kappa shape index (κ1) is 9.44. The normalized spacial score (nSPS) is 27.8. The van der Waals surface area contributed by atoms with Gasteiger partial charge in [0.25, 0.3) is 0 Å². The van der Waals surface area contributed by atoms with Crippen molar-refractivity contribution in [3.63, 3.8) is 0 Å². The number of nitrogens with two attached hydrogens (primary N) is 1. The smallest absolute Gasteiger partial charge is 0.0631 e. The van der Waals surface area contributed by atoms with Crippen LogP contribution in [0.4, 0.5) is 0 Å². The van der Waals surface area contributed by atoms with Crippen molar-refractivity contribution in [1.82, 2.24) is 0 Å². The standard InChI is InChI=1S/C10H13NS2/c11-6-10-12-7-9(13-10)8-4-2-1-3-5-8/h1-5,9-10H,6-7,11H2. The average Bonchev–Trinajstić information content (AvgIpc) is 2.67. The van der Waals surface area contributed by atoms with Crippen molar-refractivity contribution < 1.29 is 0 Å². The monoisotopic (exact) mass is 211 g/mol. The minimum absolute atomic E-state index is 0.602. The fraction of sp³-hybridized carbons (Fsp3) is 0.400. The maximum Gasteiger partial charge on any atom is 0.0631 e. The fourth-order valence-electron chi connectivity index (χ4n) is 1.42. The molecule has 13 heavy (non-hydrogen) atoms. The number of hydrogen-bond acceptors (Lipinski definition) is 3. The van der Waals surface area contributed by atoms with E-state index in [-0.39, 0.29) is 0 Å². The van der Waals surface area contributed by atoms with Crippen molar-refractivity contribution in [1.29, 1.82) is 0 Å². The molecular formula is C10H13NS2. The van der Waals surface area contributed by atoms with Crippen LogP contribution in [0, 0.1) is 0 Å². The molecular weight excluding hydrogens is 198 g/mol. The number of benzene rings is 1. The van der Waals surface area contributed by atoms with Crippen molar-refractivity contribution in [2.45, 2.75) is 9.83 Å². The molecule has 2 atom stereocenters. The highest BCUT2D eigenvalue weighted by Gasteiger charge is 2.25. The fourth-order valence-corrected chi connectivity index (χ4v) is 4.43. The van der Waals surface area contributed by atoms with Crippen molar-refractivity contribution in [3.8, 4) is 0 Å². The van der Waals surface area contributed by atoms with E-state index in [0.717, 1.165) is 6.54 Å². The molecule has 0 amide bonds. The lowest BCUT2D eigenvalue weighted by atomic mass is 10.2. The summed E-state index contributed by atoms with van der Waals surface area (Å²) in [5.74, 6) is 1.20. The topological polar surface area (TPSA) is 26.0 Å². The van der Waals surface area contributed by atoms with Crippen LogP contribution in [0.15, 0.2) is 30.3 Å². The molecule has 1 aliphatic heterocycles. The number of rotatable bonds is 2. The van der Waals surface area contributed by atoms with Crippen LogP contribution in [-0.4, -0.2) is 16.9 Å². The summed E-state index contributed by atoms with van der Waals surface area (Å²) < 4.78 is 0.602. The highest BCUT2D eigenvalue weighted by Crippen LogP contribution is 2.46. The molecule has 0 aliphatic carbocycles. The second-order valence-electron chi connectivity index (χ2n) is 3.03. The van der Waals surface area contributed by atoms with Crippen LogP contribution >= 0.6 is 23.5 Å². The third-order valence-corrected chi connectivity index (χ3v) is 5.42. The first-order chi connectivity index (χ1) is 6.40. The van der Waals surface area contributed by atoms with E-state index in [9.17, 15) is 0 Å². The maximum atomic E-state index is 5.63. The molecule has 3 heteroatoms. The second-order valence-corrected chi connectivity index (χ2v) is 5.98. The van der Waals surface area contributed by atoms with E-state index in [1.54, 1.807) is 0 Å². The van der Waals surface area contributed by atoms with E-state index < -0.39 is 0 Å². The van der Waals surface area contributed by atoms with Crippen LogP contribution in [0.3, 0.4) is 0 Å². The summed E-state index contributed by atoms with van der Waals surface area (Å²) in [5.41, 5.74) is 7.07. The summed E-state index contributed by atoms with van der Waals surface area (Å²) in [6, 6.07) is 10.7. The van der Waals surface area contributed by atoms with Gasteiger partial charge in [0, 0.05) is 17.5 Å². The van der Waals surface area contributed by atoms with Crippen LogP contribution in [0.25, 0.3) is 0 Å². The third kappa shape index (κ3) is 2.22. The Kier molecular flexibility index (Phi) is 3.19. The van der Waals surface area contributed by atoms with Crippen LogP contribution < -0.4 is 5.73 Å². The molecule has 1 saturated heterocycles. The maximum absolute atomic E-state index is 5.63. The van der Waals surface area contributed by atoms with Gasteiger partial charge in [0.2, 0.25) is 0 Å². The summed E-state index contributed by atoms with van der Waals surface area (Å²) in [5, 5.41) is 0.653. The van der Waals surface area contributed by atoms with E-state index in [1.807, 2.05) is 23.5 Å². The number of hydrogen-bond donors (Lipinski definition) is 1. The molecule has 0 bridgehead atoms. The van der Waals surface area contributed by atoms with Gasteiger partial charge in [-0.1, -0.05) is 30.3 Å². The van der Waals surface area contributed by atoms with Crippen LogP contribution in [0.1, 0.15) is 10.8 Å². The molecule has 0 saturated carbocycles. The molecule has 1 aliphatic rings. The highest BCUT2D eigenvalue weighted by atomic mass is 32.2. The lowest BCUT2D eigenvalue weighted by molar-refractivity contribution is 1.10. The van der Waals surface area contributed by atoms with Crippen LogP contribution in [-0.2, 0) is 0 Å². The average molecular weight is 211 g/mol. The lowest BCUT2D eigenvalue weighted by Crippen LogP contribution is -2.09. The summed E-state index contributed by atoms with van der Waals surface area (Å²) >= 11 is 3.98. The largest absolute Gasteiger partial charge is 0.329 e. The van der Waals surface area contributed by atoms with Crippen molar-refractivity contribution in [3.05, 3.63) is 35.9 Å². The van der Waals surface area contributed by atoms with E-state index >= 15 is 0 Å². The molecule has 0 aromatic heterocycles. The summed E-state index contributed by atoms with van der Waals surface area (Å²) in [7, 11) is 0. The van der Waals surface area contributed by atoms with E-state index in [1.165, 1.54) is 11.3 Å². The Labute approximate surface area is 87.5 Å². The Morgan fingerprint density at radius 3 is 2.69 bits per heavy atom. The minimum Gasteiger partial charge on any atom is -0.329 e. The van der Waals surface area contributed by atoms with Gasteiger partial charge in [0.15, 0.2) is 0 Å². The van der Waals surface area contributed by atoms with Gasteiger partial charge in [-0.2, -0.15) is 0 Å². The van der Waals surface area contributed by atoms with Gasteiger partial charge < -0.3 is 5.73 Å². The van der Waals surface area contributed by atoms with Gasteiger partial charge >= 0.3 is 0 Å². The number of thioether (sulfide) groups is 2. The molecule has 1 heterocycles. The Balaban J connectivity index is 2.04. The Morgan fingerprint density at radius 1 is 1.31 bits per heavy atom. The zero-order valence-electron chi connectivity index (χ0n) is 7.35. The van der Waals surface area contributed by atoms with E-state index in [2.05, 4.69) is 30.3 Å². The quantitative estimate of drug-likeness (QED) is 0.814. The summed E-state index contributed by atoms with van der Waals surface area (Å²) in [6.07, 6.45) is 0. The highest BCUT2D eigenvalue weighted by molar-refractivity contribution is 8.20. The van der Waals surface area contributed by atoms with Crippen molar-refractivity contribution in [2.24, 2.45) is 5.73 Å². The molecule has 2 unspecified atom stereocenters. The Hall–Kier alpha value is -0.120. The molecule has 1 aromatic rings.